The Kier molecular flexibility index (Phi) is 6.29. The second-order valence-corrected chi connectivity index (χ2v) is 4.12. The third-order valence-electron chi connectivity index (χ3n) is 2.47. The van der Waals surface area contributed by atoms with Gasteiger partial charge in [-0.15, -0.1) is 0 Å². The summed E-state index contributed by atoms with van der Waals surface area (Å²) in [4.78, 5) is 1.94. The van der Waals surface area contributed by atoms with Gasteiger partial charge in [-0.25, -0.2) is 0 Å². The minimum absolute atomic E-state index is 0.0584. The highest BCUT2D eigenvalue weighted by atomic mass is 35.5. The average Bonchev–Trinajstić information content (AvgIpc) is 2.30. The molecule has 0 heterocycles. The van der Waals surface area contributed by atoms with Gasteiger partial charge in [0, 0.05) is 30.2 Å². The van der Waals surface area contributed by atoms with Crippen molar-refractivity contribution in [2.24, 2.45) is 0 Å². The summed E-state index contributed by atoms with van der Waals surface area (Å²) >= 11 is 5.94. The fourth-order valence-electron chi connectivity index (χ4n) is 1.66. The first-order valence-corrected chi connectivity index (χ1v) is 5.85. The number of rotatable bonds is 7. The van der Waals surface area contributed by atoms with E-state index in [1.54, 1.807) is 13.2 Å². The van der Waals surface area contributed by atoms with E-state index in [0.717, 1.165) is 11.3 Å². The third kappa shape index (κ3) is 4.52. The van der Waals surface area contributed by atoms with Gasteiger partial charge >= 0.3 is 0 Å². The van der Waals surface area contributed by atoms with Crippen LogP contribution in [0, 0.1) is 0 Å². The van der Waals surface area contributed by atoms with E-state index < -0.39 is 0 Å². The molecule has 1 aromatic rings. The molecule has 0 saturated heterocycles. The summed E-state index contributed by atoms with van der Waals surface area (Å²) in [7, 11) is 1.61. The van der Waals surface area contributed by atoms with Gasteiger partial charge in [-0.3, -0.25) is 4.90 Å². The molecule has 0 aliphatic carbocycles. The number of benzene rings is 1. The van der Waals surface area contributed by atoms with E-state index in [1.807, 2.05) is 17.0 Å². The SMILES string of the molecule is COc1ccc(Cl)cc1CN(CCO)CCO. The summed E-state index contributed by atoms with van der Waals surface area (Å²) in [5.41, 5.74) is 0.946. The Bertz CT molecular complexity index is 341. The van der Waals surface area contributed by atoms with Crippen LogP contribution in [0.3, 0.4) is 0 Å². The van der Waals surface area contributed by atoms with E-state index in [2.05, 4.69) is 0 Å². The van der Waals surface area contributed by atoms with E-state index in [9.17, 15) is 0 Å². The summed E-state index contributed by atoms with van der Waals surface area (Å²) in [6, 6.07) is 5.42. The van der Waals surface area contributed by atoms with Gasteiger partial charge in [0.05, 0.1) is 20.3 Å². The number of methoxy groups -OCH3 is 1. The van der Waals surface area contributed by atoms with E-state index >= 15 is 0 Å². The molecule has 0 amide bonds. The van der Waals surface area contributed by atoms with Gasteiger partial charge in [0.2, 0.25) is 0 Å². The molecule has 0 radical (unpaired) electrons. The van der Waals surface area contributed by atoms with Crippen molar-refractivity contribution in [3.05, 3.63) is 28.8 Å². The van der Waals surface area contributed by atoms with Gasteiger partial charge in [-0.2, -0.15) is 0 Å². The molecule has 0 bridgehead atoms. The highest BCUT2D eigenvalue weighted by Crippen LogP contribution is 2.23. The van der Waals surface area contributed by atoms with Crippen molar-refractivity contribution in [2.75, 3.05) is 33.4 Å². The predicted octanol–water partition coefficient (Wildman–Crippen LogP) is 1.14. The molecule has 1 rings (SSSR count). The molecule has 0 atom stereocenters. The number of halogens is 1. The Hall–Kier alpha value is -0.810. The molecule has 1 aromatic carbocycles. The molecule has 0 aliphatic heterocycles. The highest BCUT2D eigenvalue weighted by Gasteiger charge is 2.09. The lowest BCUT2D eigenvalue weighted by molar-refractivity contribution is 0.155. The van der Waals surface area contributed by atoms with Gasteiger partial charge in [-0.05, 0) is 18.2 Å². The van der Waals surface area contributed by atoms with Crippen molar-refractivity contribution in [2.45, 2.75) is 6.54 Å². The predicted molar refractivity (Wildman–Crippen MR) is 67.5 cm³/mol. The molecule has 0 aliphatic rings. The van der Waals surface area contributed by atoms with Crippen molar-refractivity contribution in [1.29, 1.82) is 0 Å². The molecule has 0 aromatic heterocycles. The minimum atomic E-state index is 0.0584. The maximum absolute atomic E-state index is 8.94. The highest BCUT2D eigenvalue weighted by molar-refractivity contribution is 6.30. The second kappa shape index (κ2) is 7.50. The Morgan fingerprint density at radius 3 is 2.41 bits per heavy atom. The number of nitrogens with zero attached hydrogens (tertiary/aromatic N) is 1. The van der Waals surface area contributed by atoms with Crippen molar-refractivity contribution < 1.29 is 14.9 Å². The van der Waals surface area contributed by atoms with Crippen LogP contribution < -0.4 is 4.74 Å². The lowest BCUT2D eigenvalue weighted by Crippen LogP contribution is -2.29. The lowest BCUT2D eigenvalue weighted by Gasteiger charge is -2.21. The summed E-state index contributed by atoms with van der Waals surface area (Å²) < 4.78 is 5.25. The summed E-state index contributed by atoms with van der Waals surface area (Å²) in [5.74, 6) is 0.760. The van der Waals surface area contributed by atoms with Crippen LogP contribution >= 0.6 is 11.6 Å². The number of aliphatic hydroxyl groups excluding tert-OH is 2. The van der Waals surface area contributed by atoms with Crippen LogP contribution in [0.25, 0.3) is 0 Å². The van der Waals surface area contributed by atoms with Crippen LogP contribution in [0.15, 0.2) is 18.2 Å². The normalized spacial score (nSPS) is 10.9. The average molecular weight is 260 g/mol. The molecule has 5 heteroatoms. The van der Waals surface area contributed by atoms with Crippen LogP contribution in [0.1, 0.15) is 5.56 Å². The first-order chi connectivity index (χ1) is 8.21. The molecule has 0 spiro atoms. The minimum Gasteiger partial charge on any atom is -0.496 e. The summed E-state index contributed by atoms with van der Waals surface area (Å²) in [6.07, 6.45) is 0. The van der Waals surface area contributed by atoms with Crippen LogP contribution in [-0.4, -0.2) is 48.5 Å². The maximum atomic E-state index is 8.94. The zero-order valence-electron chi connectivity index (χ0n) is 9.90. The van der Waals surface area contributed by atoms with Gasteiger partial charge in [0.25, 0.3) is 0 Å². The van der Waals surface area contributed by atoms with E-state index in [0.29, 0.717) is 24.7 Å². The van der Waals surface area contributed by atoms with Crippen LogP contribution in [0.5, 0.6) is 5.75 Å². The topological polar surface area (TPSA) is 52.9 Å². The standard InChI is InChI=1S/C12H18ClNO3/c1-17-12-3-2-11(13)8-10(12)9-14(4-6-15)5-7-16/h2-3,8,15-16H,4-7,9H2,1H3. The Labute approximate surface area is 106 Å². The molecule has 0 saturated carbocycles. The molecule has 96 valence electrons. The van der Waals surface area contributed by atoms with Gasteiger partial charge in [-0.1, -0.05) is 11.6 Å². The van der Waals surface area contributed by atoms with Gasteiger partial charge in [0.15, 0.2) is 0 Å². The first-order valence-electron chi connectivity index (χ1n) is 5.47. The van der Waals surface area contributed by atoms with Crippen LogP contribution in [0.2, 0.25) is 5.02 Å². The molecule has 17 heavy (non-hydrogen) atoms. The third-order valence-corrected chi connectivity index (χ3v) is 2.70. The van der Waals surface area contributed by atoms with Crippen molar-refractivity contribution in [3.63, 3.8) is 0 Å². The Balaban J connectivity index is 2.79. The van der Waals surface area contributed by atoms with Gasteiger partial charge < -0.3 is 14.9 Å². The Morgan fingerprint density at radius 2 is 1.88 bits per heavy atom. The zero-order valence-corrected chi connectivity index (χ0v) is 10.7. The summed E-state index contributed by atoms with van der Waals surface area (Å²) in [5, 5.41) is 18.5. The van der Waals surface area contributed by atoms with Crippen LogP contribution in [0.4, 0.5) is 0 Å². The van der Waals surface area contributed by atoms with Crippen molar-refractivity contribution in [1.82, 2.24) is 4.90 Å². The molecule has 2 N–H and O–H groups in total. The lowest BCUT2D eigenvalue weighted by atomic mass is 10.2. The van der Waals surface area contributed by atoms with E-state index in [-0.39, 0.29) is 13.2 Å². The number of hydrogen-bond acceptors (Lipinski definition) is 4. The molecular formula is C12H18ClNO3. The number of hydrogen-bond donors (Lipinski definition) is 2. The molecule has 4 nitrogen and oxygen atoms in total. The number of aliphatic hydroxyl groups is 2. The zero-order chi connectivity index (χ0) is 12.7. The molecule has 0 unspecified atom stereocenters. The monoisotopic (exact) mass is 259 g/mol. The van der Waals surface area contributed by atoms with E-state index in [4.69, 9.17) is 26.6 Å². The van der Waals surface area contributed by atoms with Crippen molar-refractivity contribution in [3.8, 4) is 5.75 Å². The fourth-order valence-corrected chi connectivity index (χ4v) is 1.86. The smallest absolute Gasteiger partial charge is 0.123 e. The summed E-state index contributed by atoms with van der Waals surface area (Å²) in [6.45, 7) is 1.73. The second-order valence-electron chi connectivity index (χ2n) is 3.68. The Morgan fingerprint density at radius 1 is 1.24 bits per heavy atom. The van der Waals surface area contributed by atoms with Crippen LogP contribution in [-0.2, 0) is 6.54 Å². The molecular weight excluding hydrogens is 242 g/mol. The number of ether oxygens (including phenoxy) is 1. The van der Waals surface area contributed by atoms with Gasteiger partial charge in [0.1, 0.15) is 5.75 Å². The van der Waals surface area contributed by atoms with Crippen molar-refractivity contribution >= 4 is 11.6 Å². The largest absolute Gasteiger partial charge is 0.496 e. The first kappa shape index (κ1) is 14.3. The fraction of sp³-hybridized carbons (Fsp3) is 0.500. The van der Waals surface area contributed by atoms with E-state index in [1.165, 1.54) is 0 Å². The quantitative estimate of drug-likeness (QED) is 0.771. The maximum Gasteiger partial charge on any atom is 0.123 e. The molecule has 0 fully saturated rings.